The Balaban J connectivity index is 1.36. The van der Waals surface area contributed by atoms with E-state index in [0.29, 0.717) is 25.6 Å². The fraction of sp³-hybridized carbons (Fsp3) is 0.629. The van der Waals surface area contributed by atoms with Crippen LogP contribution < -0.4 is 10.6 Å². The van der Waals surface area contributed by atoms with Crippen LogP contribution in [0.3, 0.4) is 0 Å². The van der Waals surface area contributed by atoms with Gasteiger partial charge in [-0.3, -0.25) is 9.36 Å². The van der Waals surface area contributed by atoms with Gasteiger partial charge >= 0.3 is 7.60 Å². The van der Waals surface area contributed by atoms with Gasteiger partial charge in [0.1, 0.15) is 0 Å². The van der Waals surface area contributed by atoms with Gasteiger partial charge in [-0.15, -0.1) is 0 Å². The second kappa shape index (κ2) is 15.8. The number of nitrogens with zero attached hydrogens (tertiary/aromatic N) is 1. The summed E-state index contributed by atoms with van der Waals surface area (Å²) in [6.07, 6.45) is -0.0758. The molecule has 3 fully saturated rings. The molecule has 2 aromatic rings. The van der Waals surface area contributed by atoms with E-state index in [-0.39, 0.29) is 78.3 Å². The number of amides is 1. The average Bonchev–Trinajstić information content (AvgIpc) is 3.59. The summed E-state index contributed by atoms with van der Waals surface area (Å²) in [5.41, 5.74) is 0.911. The second-order valence-corrected chi connectivity index (χ2v) is 17.6. The Kier molecular flexibility index (Phi) is 12.2. The van der Waals surface area contributed by atoms with Crippen LogP contribution >= 0.6 is 7.60 Å². The maximum Gasteiger partial charge on any atom is 0.361 e. The molecule has 5 rings (SSSR count). The first kappa shape index (κ1) is 37.1. The van der Waals surface area contributed by atoms with Crippen LogP contribution in [-0.2, 0) is 44.3 Å². The van der Waals surface area contributed by atoms with Crippen LogP contribution in [0, 0.1) is 35.5 Å². The summed E-state index contributed by atoms with van der Waals surface area (Å²) in [7, 11) is -7.70. The molecule has 8 atom stereocenters. The van der Waals surface area contributed by atoms with E-state index < -0.39 is 29.8 Å². The minimum atomic E-state index is -4.10. The summed E-state index contributed by atoms with van der Waals surface area (Å²) < 4.78 is 65.3. The van der Waals surface area contributed by atoms with E-state index in [9.17, 15) is 22.9 Å². The third kappa shape index (κ3) is 8.08. The number of carbonyl (C=O) groups excluding carboxylic acids is 1. The molecule has 2 N–H and O–H groups in total. The second-order valence-electron chi connectivity index (χ2n) is 13.6. The van der Waals surface area contributed by atoms with E-state index in [1.807, 2.05) is 51.1 Å². The van der Waals surface area contributed by atoms with Crippen LogP contribution in [0.15, 0.2) is 59.5 Å². The number of aliphatic hydroxyl groups excluding tert-OH is 1. The number of sulfonamides is 1. The fourth-order valence-corrected chi connectivity index (χ4v) is 10.9. The lowest BCUT2D eigenvalue weighted by Crippen LogP contribution is -2.53. The van der Waals surface area contributed by atoms with Gasteiger partial charge in [-0.05, 0) is 80.2 Å². The topological polar surface area (TPSA) is 141 Å². The van der Waals surface area contributed by atoms with Crippen molar-refractivity contribution < 1.29 is 41.4 Å². The average molecular weight is 707 g/mol. The molecule has 0 radical (unpaired) electrons. The highest BCUT2D eigenvalue weighted by atomic mass is 32.2. The van der Waals surface area contributed by atoms with Crippen LogP contribution in [0.5, 0.6) is 0 Å². The van der Waals surface area contributed by atoms with Crippen molar-refractivity contribution in [3.05, 3.63) is 60.2 Å². The SMILES string of the molecule is CCOP(=O)(OCC)c1ccc(S(=O)(=O)N(CC(C)C)C[C@@H](O)[C@H](Cc2ccccc2)NC(=O)[C@@H](C)[C@H]2C3CO[C@H]4OC[C@@H]2C4C3)cc1. The van der Waals surface area contributed by atoms with Crippen molar-refractivity contribution in [1.82, 2.24) is 9.62 Å². The molecule has 48 heavy (non-hydrogen) atoms. The van der Waals surface area contributed by atoms with E-state index in [4.69, 9.17) is 18.5 Å². The van der Waals surface area contributed by atoms with E-state index in [1.54, 1.807) is 13.8 Å². The lowest BCUT2D eigenvalue weighted by molar-refractivity contribution is -0.167. The van der Waals surface area contributed by atoms with Gasteiger partial charge in [0, 0.05) is 24.9 Å². The molecule has 2 heterocycles. The molecule has 1 amide bonds. The summed E-state index contributed by atoms with van der Waals surface area (Å²) in [4.78, 5) is 13.9. The molecule has 0 aromatic heterocycles. The largest absolute Gasteiger partial charge is 0.390 e. The first-order chi connectivity index (χ1) is 22.9. The van der Waals surface area contributed by atoms with Crippen molar-refractivity contribution in [1.29, 1.82) is 0 Å². The molecule has 266 valence electrons. The third-order valence-electron chi connectivity index (χ3n) is 9.87. The van der Waals surface area contributed by atoms with Gasteiger partial charge in [-0.2, -0.15) is 4.31 Å². The number of aliphatic hydroxyl groups is 1. The Morgan fingerprint density at radius 2 is 1.62 bits per heavy atom. The minimum Gasteiger partial charge on any atom is -0.390 e. The number of nitrogens with one attached hydrogen (secondary N) is 1. The maximum absolute atomic E-state index is 14.1. The molecule has 2 aliphatic heterocycles. The number of rotatable bonds is 17. The molecule has 1 aliphatic carbocycles. The van der Waals surface area contributed by atoms with Crippen LogP contribution in [0.1, 0.15) is 46.6 Å². The van der Waals surface area contributed by atoms with Crippen molar-refractivity contribution in [2.24, 2.45) is 35.5 Å². The molecular formula is C35H51N2O9PS. The molecule has 0 spiro atoms. The zero-order valence-corrected chi connectivity index (χ0v) is 30.3. The maximum atomic E-state index is 14.1. The highest BCUT2D eigenvalue weighted by molar-refractivity contribution is 7.89. The lowest BCUT2D eigenvalue weighted by atomic mass is 9.79. The van der Waals surface area contributed by atoms with E-state index in [0.717, 1.165) is 12.0 Å². The fourth-order valence-electron chi connectivity index (χ4n) is 7.67. The number of ether oxygens (including phenoxy) is 2. The zero-order chi connectivity index (χ0) is 34.6. The van der Waals surface area contributed by atoms with Crippen LogP contribution in [-0.4, -0.2) is 81.7 Å². The van der Waals surface area contributed by atoms with Crippen LogP contribution in [0.4, 0.5) is 0 Å². The Hall–Kier alpha value is -2.15. The Labute approximate surface area is 285 Å². The smallest absolute Gasteiger partial charge is 0.361 e. The summed E-state index contributed by atoms with van der Waals surface area (Å²) in [5, 5.41) is 15.1. The quantitative estimate of drug-likeness (QED) is 0.232. The van der Waals surface area contributed by atoms with E-state index in [2.05, 4.69) is 5.32 Å². The van der Waals surface area contributed by atoms with Gasteiger partial charge in [-0.25, -0.2) is 8.42 Å². The van der Waals surface area contributed by atoms with Gasteiger partial charge in [0.15, 0.2) is 6.29 Å². The van der Waals surface area contributed by atoms with Gasteiger partial charge in [-0.1, -0.05) is 51.1 Å². The molecule has 2 bridgehead atoms. The summed E-state index contributed by atoms with van der Waals surface area (Å²) >= 11 is 0. The Morgan fingerprint density at radius 1 is 0.979 bits per heavy atom. The number of benzene rings is 2. The number of hydrogen-bond donors (Lipinski definition) is 2. The highest BCUT2D eigenvalue weighted by Crippen LogP contribution is 2.54. The first-order valence-corrected chi connectivity index (χ1v) is 20.1. The van der Waals surface area contributed by atoms with E-state index in [1.165, 1.54) is 28.6 Å². The summed E-state index contributed by atoms with van der Waals surface area (Å²) in [5.74, 6) is 0.409. The third-order valence-corrected chi connectivity index (χ3v) is 13.8. The van der Waals surface area contributed by atoms with Crippen molar-refractivity contribution in [2.45, 2.75) is 70.8 Å². The lowest BCUT2D eigenvalue weighted by Gasteiger charge is -2.34. The van der Waals surface area contributed by atoms with Gasteiger partial charge in [0.05, 0.1) is 48.8 Å². The Morgan fingerprint density at radius 3 is 2.25 bits per heavy atom. The normalized spacial score (nSPS) is 25.7. The zero-order valence-electron chi connectivity index (χ0n) is 28.6. The van der Waals surface area contributed by atoms with Gasteiger partial charge < -0.3 is 28.9 Å². The van der Waals surface area contributed by atoms with Crippen molar-refractivity contribution >= 4 is 28.8 Å². The Bertz CT molecular complexity index is 1510. The predicted octanol–water partition coefficient (Wildman–Crippen LogP) is 4.20. The summed E-state index contributed by atoms with van der Waals surface area (Å²) in [6, 6.07) is 14.5. The number of fused-ring (bicyclic) bond motifs is 1. The molecule has 13 heteroatoms. The van der Waals surface area contributed by atoms with Crippen molar-refractivity contribution in [2.75, 3.05) is 39.5 Å². The molecule has 3 aliphatic rings. The van der Waals surface area contributed by atoms with Crippen molar-refractivity contribution in [3.63, 3.8) is 0 Å². The number of carbonyl (C=O) groups is 1. The highest BCUT2D eigenvalue weighted by Gasteiger charge is 2.56. The standard InChI is InChI=1S/C35H51N2O9PS/c1-6-45-47(40,46-7-2)27-13-15-28(16-14-27)48(41,42)37(19-23(3)4)20-32(38)31(17-25-11-9-8-10-12-25)36-34(39)24(5)33-26-18-29-30(33)22-44-35(29)43-21-26/h8-16,23-24,26,29-33,35,38H,6-7,17-22H2,1-5H3,(H,36,39)/t24-,26?,29?,30+,31-,32+,33-,35-/m0/s1. The molecule has 1 saturated carbocycles. The first-order valence-electron chi connectivity index (χ1n) is 17.1. The molecule has 2 saturated heterocycles. The predicted molar refractivity (Wildman–Crippen MR) is 182 cm³/mol. The molecular weight excluding hydrogens is 655 g/mol. The monoisotopic (exact) mass is 706 g/mol. The van der Waals surface area contributed by atoms with Crippen LogP contribution in [0.25, 0.3) is 0 Å². The molecule has 2 unspecified atom stereocenters. The van der Waals surface area contributed by atoms with Crippen molar-refractivity contribution in [3.8, 4) is 0 Å². The summed E-state index contributed by atoms with van der Waals surface area (Å²) in [6.45, 7) is 10.6. The van der Waals surface area contributed by atoms with E-state index >= 15 is 0 Å². The molecule has 2 aromatic carbocycles. The van der Waals surface area contributed by atoms with Crippen LogP contribution in [0.2, 0.25) is 0 Å². The minimum absolute atomic E-state index is 0.0115. The molecule has 11 nitrogen and oxygen atoms in total. The van der Waals surface area contributed by atoms with Gasteiger partial charge in [0.2, 0.25) is 15.9 Å². The number of hydrogen-bond acceptors (Lipinski definition) is 9. The van der Waals surface area contributed by atoms with Gasteiger partial charge in [0.25, 0.3) is 0 Å².